The summed E-state index contributed by atoms with van der Waals surface area (Å²) in [6, 6.07) is 0. The van der Waals surface area contributed by atoms with Gasteiger partial charge in [-0.1, -0.05) is 20.3 Å². The summed E-state index contributed by atoms with van der Waals surface area (Å²) in [6.07, 6.45) is 2.40. The second kappa shape index (κ2) is 13.9. The van der Waals surface area contributed by atoms with E-state index in [1.54, 1.807) is 6.92 Å². The Bertz CT molecular complexity index is 520. The molecule has 0 saturated heterocycles. The van der Waals surface area contributed by atoms with E-state index < -0.39 is 11.3 Å². The number of rotatable bonds is 15. The van der Waals surface area contributed by atoms with Gasteiger partial charge in [0.15, 0.2) is 0 Å². The first-order valence-electron chi connectivity index (χ1n) is 10.2. The monoisotopic (exact) mass is 434 g/mol. The molecule has 0 bridgehead atoms. The van der Waals surface area contributed by atoms with Crippen molar-refractivity contribution in [3.63, 3.8) is 0 Å². The fourth-order valence-electron chi connectivity index (χ4n) is 2.56. The standard InChI is InChI=1S/C21H40NO6S/c1-8-9-12-27-19(24)17(2)15-21(3,16-29-14-10-18(23)26-7)20(25)28-13-11-22(4,5)6/h17H,8-16H2,1-7H3/q+1. The lowest BCUT2D eigenvalue weighted by molar-refractivity contribution is -0.870. The van der Waals surface area contributed by atoms with Crippen molar-refractivity contribution in [1.82, 2.24) is 0 Å². The highest BCUT2D eigenvalue weighted by molar-refractivity contribution is 7.99. The Kier molecular flexibility index (Phi) is 13.2. The largest absolute Gasteiger partial charge is 0.469 e. The summed E-state index contributed by atoms with van der Waals surface area (Å²) in [5, 5.41) is 0. The average Bonchev–Trinajstić information content (AvgIpc) is 2.63. The number of hydrogen-bond acceptors (Lipinski definition) is 7. The summed E-state index contributed by atoms with van der Waals surface area (Å²) in [6.45, 7) is 7.06. The Morgan fingerprint density at radius 2 is 1.76 bits per heavy atom. The maximum absolute atomic E-state index is 12.9. The molecule has 0 fully saturated rings. The van der Waals surface area contributed by atoms with Crippen molar-refractivity contribution < 1.29 is 33.1 Å². The van der Waals surface area contributed by atoms with Crippen molar-refractivity contribution in [3.8, 4) is 0 Å². The lowest BCUT2D eigenvalue weighted by atomic mass is 9.83. The van der Waals surface area contributed by atoms with E-state index in [1.807, 2.05) is 35.0 Å². The Morgan fingerprint density at radius 1 is 1.10 bits per heavy atom. The highest BCUT2D eigenvalue weighted by atomic mass is 32.2. The quantitative estimate of drug-likeness (QED) is 0.170. The third-order valence-corrected chi connectivity index (χ3v) is 5.82. The molecule has 0 heterocycles. The predicted molar refractivity (Wildman–Crippen MR) is 116 cm³/mol. The summed E-state index contributed by atoms with van der Waals surface area (Å²) >= 11 is 1.49. The van der Waals surface area contributed by atoms with E-state index in [1.165, 1.54) is 18.9 Å². The summed E-state index contributed by atoms with van der Waals surface area (Å²) in [5.74, 6) is -0.293. The van der Waals surface area contributed by atoms with Gasteiger partial charge in [0.05, 0.1) is 52.6 Å². The van der Waals surface area contributed by atoms with Gasteiger partial charge in [-0.3, -0.25) is 14.4 Å². The van der Waals surface area contributed by atoms with Gasteiger partial charge in [-0.15, -0.1) is 0 Å². The number of ether oxygens (including phenoxy) is 3. The van der Waals surface area contributed by atoms with Crippen molar-refractivity contribution in [2.75, 3.05) is 59.5 Å². The van der Waals surface area contributed by atoms with Crippen LogP contribution in [0.5, 0.6) is 0 Å². The minimum Gasteiger partial charge on any atom is -0.469 e. The molecule has 0 aromatic heterocycles. The third kappa shape index (κ3) is 12.8. The number of quaternary nitrogens is 1. The van der Waals surface area contributed by atoms with Crippen LogP contribution in [-0.4, -0.2) is 81.9 Å². The van der Waals surface area contributed by atoms with Gasteiger partial charge in [-0.05, 0) is 19.8 Å². The molecule has 0 aromatic carbocycles. The molecule has 0 aliphatic carbocycles. The first kappa shape index (κ1) is 27.7. The molecular weight excluding hydrogens is 394 g/mol. The maximum Gasteiger partial charge on any atom is 0.312 e. The number of nitrogens with zero attached hydrogens (tertiary/aromatic N) is 1. The topological polar surface area (TPSA) is 78.9 Å². The highest BCUT2D eigenvalue weighted by Crippen LogP contribution is 2.33. The summed E-state index contributed by atoms with van der Waals surface area (Å²) < 4.78 is 16.2. The molecule has 0 saturated carbocycles. The van der Waals surface area contributed by atoms with E-state index in [2.05, 4.69) is 4.74 Å². The Morgan fingerprint density at radius 3 is 2.31 bits per heavy atom. The molecule has 0 aliphatic heterocycles. The molecule has 0 N–H and O–H groups in total. The van der Waals surface area contributed by atoms with Crippen molar-refractivity contribution in [2.24, 2.45) is 11.3 Å². The number of methoxy groups -OCH3 is 1. The van der Waals surface area contributed by atoms with Gasteiger partial charge < -0.3 is 18.7 Å². The molecule has 2 unspecified atom stereocenters. The number of carbonyl (C=O) groups excluding carboxylic acids is 3. The first-order valence-corrected chi connectivity index (χ1v) is 11.4. The van der Waals surface area contributed by atoms with Crippen LogP contribution in [0.25, 0.3) is 0 Å². The first-order chi connectivity index (χ1) is 13.4. The normalized spacial score (nSPS) is 14.6. The minimum atomic E-state index is -0.838. The summed E-state index contributed by atoms with van der Waals surface area (Å²) in [5.41, 5.74) is -0.838. The zero-order valence-corrected chi connectivity index (χ0v) is 20.1. The zero-order valence-electron chi connectivity index (χ0n) is 19.2. The van der Waals surface area contributed by atoms with Crippen LogP contribution in [0.1, 0.15) is 46.5 Å². The number of hydrogen-bond donors (Lipinski definition) is 0. The van der Waals surface area contributed by atoms with E-state index in [0.29, 0.717) is 42.2 Å². The molecule has 0 spiro atoms. The number of carbonyl (C=O) groups is 3. The summed E-state index contributed by atoms with van der Waals surface area (Å²) in [4.78, 5) is 36.5. The molecule has 0 aliphatic rings. The van der Waals surface area contributed by atoms with Gasteiger partial charge in [-0.2, -0.15) is 11.8 Å². The molecule has 2 atom stereocenters. The Balaban J connectivity index is 4.93. The van der Waals surface area contributed by atoms with Gasteiger partial charge >= 0.3 is 17.9 Å². The molecular formula is C21H40NO6S+. The van der Waals surface area contributed by atoms with Crippen LogP contribution in [-0.2, 0) is 28.6 Å². The minimum absolute atomic E-state index is 0.280. The maximum atomic E-state index is 12.9. The van der Waals surface area contributed by atoms with Crippen molar-refractivity contribution in [2.45, 2.75) is 46.5 Å². The predicted octanol–water partition coefficient (Wildman–Crippen LogP) is 2.91. The van der Waals surface area contributed by atoms with Gasteiger partial charge in [0, 0.05) is 11.5 Å². The van der Waals surface area contributed by atoms with Gasteiger partial charge in [0.1, 0.15) is 13.2 Å². The second-order valence-corrected chi connectivity index (χ2v) is 9.82. The number of thioether (sulfide) groups is 1. The number of likely N-dealkylation sites (N-methyl/N-ethyl adjacent to an activating group) is 1. The van der Waals surface area contributed by atoms with E-state index >= 15 is 0 Å². The fourth-order valence-corrected chi connectivity index (χ4v) is 3.70. The Labute approximate surface area is 180 Å². The molecule has 29 heavy (non-hydrogen) atoms. The lowest BCUT2D eigenvalue weighted by Crippen LogP contribution is -2.41. The number of esters is 3. The molecule has 7 nitrogen and oxygen atoms in total. The van der Waals surface area contributed by atoms with Crippen LogP contribution < -0.4 is 0 Å². The van der Waals surface area contributed by atoms with Gasteiger partial charge in [0.25, 0.3) is 0 Å². The van der Waals surface area contributed by atoms with Crippen molar-refractivity contribution in [1.29, 1.82) is 0 Å². The SMILES string of the molecule is CCCCOC(=O)C(C)CC(C)(CSCCC(=O)OC)C(=O)OCC[N+](C)(C)C. The van der Waals surface area contributed by atoms with Crippen LogP contribution in [0, 0.1) is 11.3 Å². The molecule has 0 radical (unpaired) electrons. The number of unbranched alkanes of at least 4 members (excludes halogenated alkanes) is 1. The van der Waals surface area contributed by atoms with E-state index in [-0.39, 0.29) is 24.3 Å². The molecule has 0 amide bonds. The zero-order chi connectivity index (χ0) is 22.5. The average molecular weight is 435 g/mol. The lowest BCUT2D eigenvalue weighted by Gasteiger charge is -2.30. The third-order valence-electron chi connectivity index (χ3n) is 4.49. The molecule has 8 heteroatoms. The van der Waals surface area contributed by atoms with Gasteiger partial charge in [-0.25, -0.2) is 0 Å². The second-order valence-electron chi connectivity index (χ2n) is 8.72. The van der Waals surface area contributed by atoms with Crippen LogP contribution in [0.4, 0.5) is 0 Å². The van der Waals surface area contributed by atoms with Crippen LogP contribution in [0.2, 0.25) is 0 Å². The molecule has 0 aromatic rings. The van der Waals surface area contributed by atoms with E-state index in [0.717, 1.165) is 12.8 Å². The Hall–Kier alpha value is -1.28. The van der Waals surface area contributed by atoms with Crippen LogP contribution >= 0.6 is 11.8 Å². The van der Waals surface area contributed by atoms with Crippen molar-refractivity contribution in [3.05, 3.63) is 0 Å². The van der Waals surface area contributed by atoms with Crippen LogP contribution in [0.15, 0.2) is 0 Å². The molecule has 0 rings (SSSR count). The van der Waals surface area contributed by atoms with Crippen LogP contribution in [0.3, 0.4) is 0 Å². The summed E-state index contributed by atoms with van der Waals surface area (Å²) in [7, 11) is 7.45. The smallest absolute Gasteiger partial charge is 0.312 e. The highest BCUT2D eigenvalue weighted by Gasteiger charge is 2.38. The van der Waals surface area contributed by atoms with Crippen molar-refractivity contribution >= 4 is 29.7 Å². The van der Waals surface area contributed by atoms with E-state index in [4.69, 9.17) is 9.47 Å². The van der Waals surface area contributed by atoms with Gasteiger partial charge in [0.2, 0.25) is 0 Å². The molecule has 170 valence electrons. The van der Waals surface area contributed by atoms with E-state index in [9.17, 15) is 14.4 Å². The fraction of sp³-hybridized carbons (Fsp3) is 0.857.